The SMILES string of the molecule is CCCSCc1cc(Cl)cc(Cl)c1. The smallest absolute Gasteiger partial charge is 0.0423 e. The maximum atomic E-state index is 5.87. The fraction of sp³-hybridized carbons (Fsp3) is 0.400. The summed E-state index contributed by atoms with van der Waals surface area (Å²) in [5, 5.41) is 1.44. The molecule has 0 aromatic heterocycles. The van der Waals surface area contributed by atoms with Gasteiger partial charge in [0.05, 0.1) is 0 Å². The lowest BCUT2D eigenvalue weighted by Gasteiger charge is -2.02. The number of rotatable bonds is 4. The molecule has 0 fully saturated rings. The molecule has 0 saturated carbocycles. The Kier molecular flexibility index (Phi) is 5.00. The van der Waals surface area contributed by atoms with E-state index in [4.69, 9.17) is 23.2 Å². The Balaban J connectivity index is 2.56. The van der Waals surface area contributed by atoms with Crippen molar-refractivity contribution in [3.63, 3.8) is 0 Å². The fourth-order valence-corrected chi connectivity index (χ4v) is 2.44. The van der Waals surface area contributed by atoms with Crippen LogP contribution in [0.2, 0.25) is 10.0 Å². The van der Waals surface area contributed by atoms with Gasteiger partial charge < -0.3 is 0 Å². The van der Waals surface area contributed by atoms with E-state index in [0.29, 0.717) is 0 Å². The van der Waals surface area contributed by atoms with Crippen molar-refractivity contribution in [1.82, 2.24) is 0 Å². The van der Waals surface area contributed by atoms with Crippen molar-refractivity contribution in [2.45, 2.75) is 19.1 Å². The van der Waals surface area contributed by atoms with Gasteiger partial charge in [0, 0.05) is 15.8 Å². The summed E-state index contributed by atoms with van der Waals surface area (Å²) in [6, 6.07) is 5.70. The summed E-state index contributed by atoms with van der Waals surface area (Å²) in [5.74, 6) is 2.18. The zero-order valence-corrected chi connectivity index (χ0v) is 9.85. The van der Waals surface area contributed by atoms with Crippen LogP contribution in [0.3, 0.4) is 0 Å². The van der Waals surface area contributed by atoms with Gasteiger partial charge in [0.15, 0.2) is 0 Å². The molecule has 0 atom stereocenters. The Hall–Kier alpha value is 0.150. The molecule has 13 heavy (non-hydrogen) atoms. The summed E-state index contributed by atoms with van der Waals surface area (Å²) in [7, 11) is 0. The number of hydrogen-bond acceptors (Lipinski definition) is 1. The van der Waals surface area contributed by atoms with Crippen molar-refractivity contribution in [3.05, 3.63) is 33.8 Å². The molecule has 72 valence electrons. The van der Waals surface area contributed by atoms with E-state index in [-0.39, 0.29) is 0 Å². The molecule has 0 amide bonds. The molecule has 0 nitrogen and oxygen atoms in total. The van der Waals surface area contributed by atoms with Gasteiger partial charge in [-0.3, -0.25) is 0 Å². The first-order chi connectivity index (χ1) is 6.22. The van der Waals surface area contributed by atoms with E-state index in [9.17, 15) is 0 Å². The third-order valence-electron chi connectivity index (χ3n) is 1.54. The Morgan fingerprint density at radius 1 is 1.15 bits per heavy atom. The zero-order chi connectivity index (χ0) is 9.68. The molecule has 1 aromatic carbocycles. The lowest BCUT2D eigenvalue weighted by atomic mass is 10.2. The lowest BCUT2D eigenvalue weighted by molar-refractivity contribution is 1.10. The Morgan fingerprint density at radius 2 is 1.77 bits per heavy atom. The average Bonchev–Trinajstić information content (AvgIpc) is 2.03. The Bertz CT molecular complexity index is 253. The highest BCUT2D eigenvalue weighted by molar-refractivity contribution is 7.98. The monoisotopic (exact) mass is 234 g/mol. The van der Waals surface area contributed by atoms with Crippen LogP contribution in [-0.2, 0) is 5.75 Å². The van der Waals surface area contributed by atoms with Gasteiger partial charge in [0.25, 0.3) is 0 Å². The summed E-state index contributed by atoms with van der Waals surface area (Å²) < 4.78 is 0. The molecule has 1 aromatic rings. The second-order valence-corrected chi connectivity index (χ2v) is 4.81. The van der Waals surface area contributed by atoms with Gasteiger partial charge in [-0.25, -0.2) is 0 Å². The van der Waals surface area contributed by atoms with E-state index < -0.39 is 0 Å². The van der Waals surface area contributed by atoms with Crippen LogP contribution >= 0.6 is 35.0 Å². The van der Waals surface area contributed by atoms with Gasteiger partial charge in [-0.1, -0.05) is 30.1 Å². The number of benzene rings is 1. The minimum absolute atomic E-state index is 0.722. The maximum Gasteiger partial charge on any atom is 0.0423 e. The predicted molar refractivity (Wildman–Crippen MR) is 62.9 cm³/mol. The van der Waals surface area contributed by atoms with Crippen molar-refractivity contribution in [2.75, 3.05) is 5.75 Å². The van der Waals surface area contributed by atoms with Crippen molar-refractivity contribution >= 4 is 35.0 Å². The molecule has 3 heteroatoms. The minimum Gasteiger partial charge on any atom is -0.157 e. The van der Waals surface area contributed by atoms with E-state index in [1.165, 1.54) is 17.7 Å². The standard InChI is InChI=1S/C10H12Cl2S/c1-2-3-13-7-8-4-9(11)6-10(12)5-8/h4-6H,2-3,7H2,1H3. The molecule has 0 N–H and O–H groups in total. The molecular weight excluding hydrogens is 223 g/mol. The molecule has 0 radical (unpaired) electrons. The quantitative estimate of drug-likeness (QED) is 0.685. The zero-order valence-electron chi connectivity index (χ0n) is 7.52. The van der Waals surface area contributed by atoms with Crippen LogP contribution in [-0.4, -0.2) is 5.75 Å². The first kappa shape index (κ1) is 11.2. The van der Waals surface area contributed by atoms with Crippen LogP contribution in [0.1, 0.15) is 18.9 Å². The van der Waals surface area contributed by atoms with Crippen molar-refractivity contribution in [2.24, 2.45) is 0 Å². The molecule has 0 aliphatic rings. The van der Waals surface area contributed by atoms with Crippen LogP contribution in [0.5, 0.6) is 0 Å². The molecule has 0 aliphatic carbocycles. The molecule has 0 aliphatic heterocycles. The topological polar surface area (TPSA) is 0 Å². The van der Waals surface area contributed by atoms with Crippen molar-refractivity contribution in [1.29, 1.82) is 0 Å². The first-order valence-electron chi connectivity index (χ1n) is 4.25. The van der Waals surface area contributed by atoms with Gasteiger partial charge in [-0.15, -0.1) is 0 Å². The second-order valence-electron chi connectivity index (χ2n) is 2.83. The summed E-state index contributed by atoms with van der Waals surface area (Å²) in [4.78, 5) is 0. The number of thioether (sulfide) groups is 1. The summed E-state index contributed by atoms with van der Waals surface area (Å²) in [6.07, 6.45) is 1.21. The van der Waals surface area contributed by atoms with Gasteiger partial charge in [-0.05, 0) is 35.9 Å². The largest absolute Gasteiger partial charge is 0.157 e. The van der Waals surface area contributed by atoms with Crippen LogP contribution < -0.4 is 0 Å². The van der Waals surface area contributed by atoms with E-state index in [2.05, 4.69) is 6.92 Å². The minimum atomic E-state index is 0.722. The molecule has 0 bridgehead atoms. The summed E-state index contributed by atoms with van der Waals surface area (Å²) in [6.45, 7) is 2.18. The highest BCUT2D eigenvalue weighted by atomic mass is 35.5. The summed E-state index contributed by atoms with van der Waals surface area (Å²) in [5.41, 5.74) is 1.20. The molecule has 1 rings (SSSR count). The van der Waals surface area contributed by atoms with Gasteiger partial charge in [-0.2, -0.15) is 11.8 Å². The predicted octanol–water partition coefficient (Wildman–Crippen LogP) is 4.64. The second kappa shape index (κ2) is 5.79. The maximum absolute atomic E-state index is 5.87. The molecule has 0 spiro atoms. The Morgan fingerprint density at radius 3 is 2.31 bits per heavy atom. The van der Waals surface area contributed by atoms with E-state index in [0.717, 1.165) is 15.8 Å². The van der Waals surface area contributed by atoms with Crippen LogP contribution in [0.25, 0.3) is 0 Å². The summed E-state index contributed by atoms with van der Waals surface area (Å²) >= 11 is 13.6. The van der Waals surface area contributed by atoms with E-state index in [1.54, 1.807) is 6.07 Å². The molecule has 0 saturated heterocycles. The van der Waals surface area contributed by atoms with E-state index in [1.807, 2.05) is 23.9 Å². The van der Waals surface area contributed by atoms with E-state index >= 15 is 0 Å². The van der Waals surface area contributed by atoms with Crippen LogP contribution in [0.4, 0.5) is 0 Å². The average molecular weight is 235 g/mol. The van der Waals surface area contributed by atoms with Gasteiger partial charge >= 0.3 is 0 Å². The van der Waals surface area contributed by atoms with Crippen molar-refractivity contribution < 1.29 is 0 Å². The molecule has 0 heterocycles. The fourth-order valence-electron chi connectivity index (χ4n) is 1.03. The highest BCUT2D eigenvalue weighted by Gasteiger charge is 1.97. The molecular formula is C10H12Cl2S. The third-order valence-corrected chi connectivity index (χ3v) is 3.21. The Labute approximate surface area is 93.6 Å². The molecule has 0 unspecified atom stereocenters. The third kappa shape index (κ3) is 4.26. The van der Waals surface area contributed by atoms with Crippen LogP contribution in [0.15, 0.2) is 18.2 Å². The van der Waals surface area contributed by atoms with Gasteiger partial charge in [0.1, 0.15) is 0 Å². The normalized spacial score (nSPS) is 10.4. The number of halogens is 2. The van der Waals surface area contributed by atoms with Crippen molar-refractivity contribution in [3.8, 4) is 0 Å². The first-order valence-corrected chi connectivity index (χ1v) is 6.16. The number of hydrogen-bond donors (Lipinski definition) is 0. The lowest BCUT2D eigenvalue weighted by Crippen LogP contribution is -1.82. The highest BCUT2D eigenvalue weighted by Crippen LogP contribution is 2.22. The van der Waals surface area contributed by atoms with Crippen LogP contribution in [0, 0.1) is 0 Å². The van der Waals surface area contributed by atoms with Gasteiger partial charge in [0.2, 0.25) is 0 Å².